The van der Waals surface area contributed by atoms with Crippen LogP contribution in [0.5, 0.6) is 0 Å². The monoisotopic (exact) mass is 373 g/mol. The van der Waals surface area contributed by atoms with E-state index in [9.17, 15) is 4.79 Å². The maximum absolute atomic E-state index is 12.1. The van der Waals surface area contributed by atoms with Crippen LogP contribution in [0.3, 0.4) is 0 Å². The van der Waals surface area contributed by atoms with Crippen LogP contribution in [0.2, 0.25) is 0 Å². The lowest BCUT2D eigenvalue weighted by Crippen LogP contribution is -2.33. The number of piperidine rings is 1. The Labute approximate surface area is 159 Å². The van der Waals surface area contributed by atoms with Crippen molar-refractivity contribution in [3.05, 3.63) is 30.3 Å². The fourth-order valence-electron chi connectivity index (χ4n) is 3.01. The molecule has 1 amide bonds. The highest BCUT2D eigenvalue weighted by molar-refractivity contribution is 7.99. The highest BCUT2D eigenvalue weighted by Crippen LogP contribution is 2.28. The Kier molecular flexibility index (Phi) is 6.55. The van der Waals surface area contributed by atoms with Crippen LogP contribution in [0.25, 0.3) is 5.69 Å². The van der Waals surface area contributed by atoms with E-state index < -0.39 is 0 Å². The molecule has 0 unspecified atom stereocenters. The van der Waals surface area contributed by atoms with Gasteiger partial charge >= 0.3 is 0 Å². The van der Waals surface area contributed by atoms with Crippen molar-refractivity contribution in [2.24, 2.45) is 0 Å². The second-order valence-corrected chi connectivity index (χ2v) is 7.61. The van der Waals surface area contributed by atoms with Gasteiger partial charge in [0.2, 0.25) is 11.9 Å². The zero-order valence-electron chi connectivity index (χ0n) is 15.5. The highest BCUT2D eigenvalue weighted by Gasteiger charge is 2.22. The minimum atomic E-state index is 0.0338. The Balaban J connectivity index is 1.81. The Morgan fingerprint density at radius 3 is 2.62 bits per heavy atom. The Morgan fingerprint density at radius 2 is 1.92 bits per heavy atom. The minimum absolute atomic E-state index is 0.0338. The summed E-state index contributed by atoms with van der Waals surface area (Å²) in [6, 6.07) is 10.3. The van der Waals surface area contributed by atoms with Gasteiger partial charge in [-0.3, -0.25) is 9.36 Å². The quantitative estimate of drug-likeness (QED) is 0.755. The summed E-state index contributed by atoms with van der Waals surface area (Å²) in [6.45, 7) is 6.09. The summed E-state index contributed by atoms with van der Waals surface area (Å²) in [4.78, 5) is 14.4. The van der Waals surface area contributed by atoms with E-state index in [0.717, 1.165) is 36.3 Å². The normalized spacial score (nSPS) is 15.7. The number of amides is 1. The molecule has 0 saturated carbocycles. The SMILES string of the molecule is CC[C@H](C)NC(=O)CSc1nnc(N2CCCCC2)n1-c1ccccc1. The standard InChI is InChI=1S/C19H27N5OS/c1-3-15(2)20-17(25)14-26-19-22-21-18(23-12-8-5-9-13-23)24(19)16-10-6-4-7-11-16/h4,6-7,10-11,15H,3,5,8-9,12-14H2,1-2H3,(H,20,25)/t15-/m0/s1. The van der Waals surface area contributed by atoms with Crippen molar-refractivity contribution in [2.45, 2.75) is 50.7 Å². The number of carbonyl (C=O) groups excluding carboxylic acids is 1. The minimum Gasteiger partial charge on any atom is -0.353 e. The molecule has 1 aliphatic heterocycles. The third-order valence-electron chi connectivity index (χ3n) is 4.62. The lowest BCUT2D eigenvalue weighted by atomic mass is 10.1. The first-order valence-corrected chi connectivity index (χ1v) is 10.4. The van der Waals surface area contributed by atoms with Crippen LogP contribution in [0.15, 0.2) is 35.5 Å². The lowest BCUT2D eigenvalue weighted by molar-refractivity contribution is -0.119. The fraction of sp³-hybridized carbons (Fsp3) is 0.526. The summed E-state index contributed by atoms with van der Waals surface area (Å²) in [5, 5.41) is 12.6. The summed E-state index contributed by atoms with van der Waals surface area (Å²) >= 11 is 1.44. The van der Waals surface area contributed by atoms with Crippen LogP contribution in [-0.4, -0.2) is 45.6 Å². The number of para-hydroxylation sites is 1. The molecule has 3 rings (SSSR count). The maximum Gasteiger partial charge on any atom is 0.232 e. The third-order valence-corrected chi connectivity index (χ3v) is 5.55. The first kappa shape index (κ1) is 18.8. The molecule has 1 atom stereocenters. The summed E-state index contributed by atoms with van der Waals surface area (Å²) < 4.78 is 2.08. The van der Waals surface area contributed by atoms with Crippen LogP contribution in [0, 0.1) is 0 Å². The number of anilines is 1. The summed E-state index contributed by atoms with van der Waals surface area (Å²) in [5.74, 6) is 1.25. The Bertz CT molecular complexity index is 712. The van der Waals surface area contributed by atoms with Gasteiger partial charge in [-0.25, -0.2) is 0 Å². The van der Waals surface area contributed by atoms with Gasteiger partial charge in [-0.1, -0.05) is 36.9 Å². The molecular formula is C19H27N5OS. The molecule has 1 aromatic heterocycles. The lowest BCUT2D eigenvalue weighted by Gasteiger charge is -2.27. The van der Waals surface area contributed by atoms with Crippen molar-refractivity contribution in [1.82, 2.24) is 20.1 Å². The number of carbonyl (C=O) groups is 1. The van der Waals surface area contributed by atoms with Gasteiger partial charge < -0.3 is 10.2 Å². The smallest absolute Gasteiger partial charge is 0.232 e. The summed E-state index contributed by atoms with van der Waals surface area (Å²) in [6.07, 6.45) is 4.56. The molecule has 6 nitrogen and oxygen atoms in total. The van der Waals surface area contributed by atoms with Crippen LogP contribution >= 0.6 is 11.8 Å². The predicted octanol–water partition coefficient (Wildman–Crippen LogP) is 3.26. The van der Waals surface area contributed by atoms with Gasteiger partial charge in [0, 0.05) is 19.1 Å². The molecule has 1 aliphatic rings. The van der Waals surface area contributed by atoms with Gasteiger partial charge in [-0.05, 0) is 44.7 Å². The maximum atomic E-state index is 12.1. The van der Waals surface area contributed by atoms with Crippen molar-refractivity contribution in [1.29, 1.82) is 0 Å². The number of rotatable bonds is 7. The van der Waals surface area contributed by atoms with Gasteiger partial charge in [0.25, 0.3) is 0 Å². The van der Waals surface area contributed by atoms with E-state index in [4.69, 9.17) is 0 Å². The highest BCUT2D eigenvalue weighted by atomic mass is 32.2. The van der Waals surface area contributed by atoms with E-state index >= 15 is 0 Å². The number of thioether (sulfide) groups is 1. The molecule has 0 spiro atoms. The zero-order chi connectivity index (χ0) is 18.4. The van der Waals surface area contributed by atoms with E-state index in [-0.39, 0.29) is 11.9 Å². The third kappa shape index (κ3) is 4.58. The van der Waals surface area contributed by atoms with Gasteiger partial charge in [-0.15, -0.1) is 10.2 Å². The molecule has 1 aromatic carbocycles. The second kappa shape index (κ2) is 9.07. The average molecular weight is 374 g/mol. The number of aromatic nitrogens is 3. The van der Waals surface area contributed by atoms with E-state index in [2.05, 4.69) is 44.0 Å². The number of benzene rings is 1. The van der Waals surface area contributed by atoms with Gasteiger partial charge in [0.15, 0.2) is 5.16 Å². The molecule has 0 bridgehead atoms. The molecule has 0 aliphatic carbocycles. The van der Waals surface area contributed by atoms with Crippen molar-refractivity contribution in [3.8, 4) is 5.69 Å². The number of hydrogen-bond acceptors (Lipinski definition) is 5. The predicted molar refractivity (Wildman–Crippen MR) is 106 cm³/mol. The molecular weight excluding hydrogens is 346 g/mol. The first-order valence-electron chi connectivity index (χ1n) is 9.37. The first-order chi connectivity index (χ1) is 12.7. The molecule has 7 heteroatoms. The van der Waals surface area contributed by atoms with E-state index in [1.165, 1.54) is 31.0 Å². The largest absolute Gasteiger partial charge is 0.353 e. The molecule has 2 aromatic rings. The molecule has 26 heavy (non-hydrogen) atoms. The molecule has 0 radical (unpaired) electrons. The Morgan fingerprint density at radius 1 is 1.19 bits per heavy atom. The van der Waals surface area contributed by atoms with E-state index in [0.29, 0.717) is 5.75 Å². The van der Waals surface area contributed by atoms with Gasteiger partial charge in [0.05, 0.1) is 11.4 Å². The van der Waals surface area contributed by atoms with Crippen molar-refractivity contribution < 1.29 is 4.79 Å². The molecule has 2 heterocycles. The second-order valence-electron chi connectivity index (χ2n) is 6.67. The van der Waals surface area contributed by atoms with Crippen LogP contribution in [0.1, 0.15) is 39.5 Å². The zero-order valence-corrected chi connectivity index (χ0v) is 16.3. The van der Waals surface area contributed by atoms with E-state index in [1.807, 2.05) is 25.1 Å². The topological polar surface area (TPSA) is 63.1 Å². The van der Waals surface area contributed by atoms with Crippen LogP contribution in [0.4, 0.5) is 5.95 Å². The fourth-order valence-corrected chi connectivity index (χ4v) is 3.76. The molecule has 1 N–H and O–H groups in total. The van der Waals surface area contributed by atoms with Crippen molar-refractivity contribution in [3.63, 3.8) is 0 Å². The van der Waals surface area contributed by atoms with E-state index in [1.54, 1.807) is 0 Å². The van der Waals surface area contributed by atoms with Crippen molar-refractivity contribution in [2.75, 3.05) is 23.7 Å². The van der Waals surface area contributed by atoms with Gasteiger partial charge in [0.1, 0.15) is 0 Å². The molecule has 140 valence electrons. The number of nitrogens with zero attached hydrogens (tertiary/aromatic N) is 4. The van der Waals surface area contributed by atoms with Crippen LogP contribution in [-0.2, 0) is 4.79 Å². The van der Waals surface area contributed by atoms with Crippen LogP contribution < -0.4 is 10.2 Å². The van der Waals surface area contributed by atoms with Gasteiger partial charge in [-0.2, -0.15) is 0 Å². The van der Waals surface area contributed by atoms with Crippen molar-refractivity contribution >= 4 is 23.6 Å². The number of nitrogens with one attached hydrogen (secondary N) is 1. The summed E-state index contributed by atoms with van der Waals surface area (Å²) in [7, 11) is 0. The number of hydrogen-bond donors (Lipinski definition) is 1. The average Bonchev–Trinajstić information content (AvgIpc) is 3.11. The molecule has 1 saturated heterocycles. The molecule has 1 fully saturated rings. The summed E-state index contributed by atoms with van der Waals surface area (Å²) in [5.41, 5.74) is 1.03. The Hall–Kier alpha value is -2.02.